The number of carbonyl (C=O) groups is 2. The number of aliphatic hydroxyl groups excluding tert-OH is 5. The molecule has 0 spiro atoms. The second kappa shape index (κ2) is 18.0. The highest BCUT2D eigenvalue weighted by molar-refractivity contribution is 6.13. The summed E-state index contributed by atoms with van der Waals surface area (Å²) >= 11 is 0. The minimum atomic E-state index is -3.16. The number of nitrogens with zero attached hydrogens (tertiary/aromatic N) is 2. The first kappa shape index (κ1) is 47.1. The Morgan fingerprint density at radius 1 is 0.971 bits per heavy atom. The maximum Gasteiger partial charge on any atom is 0.355 e. The van der Waals surface area contributed by atoms with E-state index < -0.39 is 95.1 Å². The van der Waals surface area contributed by atoms with Gasteiger partial charge >= 0.3 is 11.9 Å². The Bertz CT molecular complexity index is 2820. The number of H-pyrrole nitrogens is 2. The molecule has 0 unspecified atom stereocenters. The van der Waals surface area contributed by atoms with Crippen LogP contribution in [0.4, 0.5) is 11.5 Å². The number of imidazole rings is 1. The highest BCUT2D eigenvalue weighted by Crippen LogP contribution is 2.64. The Labute approximate surface area is 401 Å². The maximum absolute atomic E-state index is 15.1. The summed E-state index contributed by atoms with van der Waals surface area (Å²) in [5, 5.41) is 102. The Balaban J connectivity index is 1.04. The number of aliphatic carboxylic acids is 1. The number of nitrogens with two attached hydrogens (primary N) is 1. The molecule has 2 aliphatic heterocycles. The fraction of sp³-hybridized carbons (Fsp3) is 0.392. The van der Waals surface area contributed by atoms with Crippen molar-refractivity contribution in [1.82, 2.24) is 15.0 Å². The summed E-state index contributed by atoms with van der Waals surface area (Å²) in [7, 11) is 0. The summed E-state index contributed by atoms with van der Waals surface area (Å²) in [6.45, 7) is -0.562. The normalized spacial score (nSPS) is 33.3. The van der Waals surface area contributed by atoms with Crippen molar-refractivity contribution in [3.8, 4) is 17.2 Å². The number of benzene rings is 3. The van der Waals surface area contributed by atoms with Gasteiger partial charge in [0.1, 0.15) is 29.9 Å². The average Bonchev–Trinajstić information content (AvgIpc) is 4.22. The zero-order valence-corrected chi connectivity index (χ0v) is 37.7. The number of carbonyl (C=O) groups excluding carboxylic acids is 1. The largest absolute Gasteiger partial charge is 0.508 e. The SMILES string of the molecule is N[C@@H]1CCC[C@]1(c1ccccc1)[C@@H]1C=C[C@]2(C(=O)O)[C@H]1c1cc(O)c(O[C@]3(O)O[C@H](CO)[C@@H](O)[C@H](O)[C@H]3O)cc1N2C(=O)/C=C/c1ccc(O)c([C@@H]2C[C@@H](CO)[C@H](CNc3ccc[nH]3)c3nc[nH]c32)c1. The van der Waals surface area contributed by atoms with Crippen molar-refractivity contribution in [3.05, 3.63) is 137 Å². The molecule has 13 atom stereocenters. The second-order valence-electron chi connectivity index (χ2n) is 19.1. The molecule has 3 aliphatic carbocycles. The number of hydrogen-bond acceptors (Lipinski definition) is 15. The molecule has 0 bridgehead atoms. The molecule has 19 heteroatoms. The Kier molecular flexibility index (Phi) is 12.1. The Hall–Kier alpha value is -6.55. The van der Waals surface area contributed by atoms with Gasteiger partial charge < -0.3 is 76.5 Å². The molecule has 1 saturated carbocycles. The third-order valence-electron chi connectivity index (χ3n) is 15.6. The van der Waals surface area contributed by atoms with E-state index in [4.69, 9.17) is 15.2 Å². The van der Waals surface area contributed by atoms with Gasteiger partial charge in [-0.15, -0.1) is 0 Å². The average molecular weight is 961 g/mol. The first-order valence-electron chi connectivity index (χ1n) is 23.4. The number of phenols is 2. The molecule has 10 rings (SSSR count). The zero-order valence-electron chi connectivity index (χ0n) is 37.7. The van der Waals surface area contributed by atoms with E-state index in [-0.39, 0.29) is 35.4 Å². The van der Waals surface area contributed by atoms with Crippen LogP contribution in [0.25, 0.3) is 6.08 Å². The number of aromatic amines is 2. The molecule has 1 saturated heterocycles. The third kappa shape index (κ3) is 7.38. The predicted octanol–water partition coefficient (Wildman–Crippen LogP) is 2.59. The lowest BCUT2D eigenvalue weighted by Crippen LogP contribution is -2.67. The Morgan fingerprint density at radius 2 is 1.77 bits per heavy atom. The van der Waals surface area contributed by atoms with Crippen LogP contribution in [0.1, 0.15) is 77.1 Å². The first-order chi connectivity index (χ1) is 33.7. The minimum absolute atomic E-state index is 0.0252. The van der Waals surface area contributed by atoms with Crippen LogP contribution in [-0.2, 0) is 19.7 Å². The van der Waals surface area contributed by atoms with Crippen molar-refractivity contribution in [1.29, 1.82) is 0 Å². The number of rotatable bonds is 13. The lowest BCUT2D eigenvalue weighted by Gasteiger charge is -2.44. The molecular formula is C51H56N6O13. The van der Waals surface area contributed by atoms with Gasteiger partial charge in [-0.25, -0.2) is 9.78 Å². The number of carboxylic acids is 1. The molecule has 2 fully saturated rings. The summed E-state index contributed by atoms with van der Waals surface area (Å²) in [6.07, 6.45) is 3.88. The molecule has 19 nitrogen and oxygen atoms in total. The molecule has 0 radical (unpaired) electrons. The van der Waals surface area contributed by atoms with E-state index in [2.05, 4.69) is 20.3 Å². The van der Waals surface area contributed by atoms with Crippen LogP contribution >= 0.6 is 0 Å². The summed E-state index contributed by atoms with van der Waals surface area (Å²) in [6, 6.07) is 20.1. The highest BCUT2D eigenvalue weighted by atomic mass is 16.8. The van der Waals surface area contributed by atoms with Gasteiger partial charge in [0.2, 0.25) is 0 Å². The van der Waals surface area contributed by atoms with E-state index in [1.807, 2.05) is 42.5 Å². The van der Waals surface area contributed by atoms with Crippen LogP contribution in [0.2, 0.25) is 0 Å². The predicted molar refractivity (Wildman–Crippen MR) is 252 cm³/mol. The number of phenolic OH excluding ortho intramolecular Hbond substituents is 2. The smallest absolute Gasteiger partial charge is 0.355 e. The first-order valence-corrected chi connectivity index (χ1v) is 23.4. The lowest BCUT2D eigenvalue weighted by molar-refractivity contribution is -0.422. The highest BCUT2D eigenvalue weighted by Gasteiger charge is 2.67. The number of aliphatic hydroxyl groups is 6. The molecule has 14 N–H and O–H groups in total. The van der Waals surface area contributed by atoms with Gasteiger partial charge in [-0.3, -0.25) is 9.69 Å². The topological polar surface area (TPSA) is 320 Å². The van der Waals surface area contributed by atoms with E-state index >= 15 is 4.79 Å². The number of allylic oxidation sites excluding steroid dienone is 1. The van der Waals surface area contributed by atoms with Crippen LogP contribution in [0.3, 0.4) is 0 Å². The van der Waals surface area contributed by atoms with E-state index in [1.165, 1.54) is 30.4 Å². The molecule has 368 valence electrons. The van der Waals surface area contributed by atoms with Gasteiger partial charge in [0.25, 0.3) is 5.91 Å². The zero-order chi connectivity index (χ0) is 49.3. The van der Waals surface area contributed by atoms with E-state index in [0.29, 0.717) is 36.9 Å². The Morgan fingerprint density at radius 3 is 2.47 bits per heavy atom. The number of anilines is 2. The van der Waals surface area contributed by atoms with E-state index in [0.717, 1.165) is 40.2 Å². The van der Waals surface area contributed by atoms with Crippen molar-refractivity contribution in [2.24, 2.45) is 17.6 Å². The van der Waals surface area contributed by atoms with Gasteiger partial charge in [-0.1, -0.05) is 55.0 Å². The maximum atomic E-state index is 15.1. The van der Waals surface area contributed by atoms with Gasteiger partial charge in [-0.05, 0) is 84.2 Å². The number of aromatic hydroxyl groups is 2. The van der Waals surface area contributed by atoms with Crippen molar-refractivity contribution in [2.45, 2.75) is 90.8 Å². The van der Waals surface area contributed by atoms with Crippen LogP contribution < -0.4 is 20.7 Å². The van der Waals surface area contributed by atoms with Crippen molar-refractivity contribution in [3.63, 3.8) is 0 Å². The van der Waals surface area contributed by atoms with Crippen LogP contribution in [0.5, 0.6) is 17.2 Å². The second-order valence-corrected chi connectivity index (χ2v) is 19.1. The number of carboxylic acid groups (broad SMARTS) is 1. The number of fused-ring (bicyclic) bond motifs is 4. The van der Waals surface area contributed by atoms with Crippen molar-refractivity contribution < 1.29 is 65.0 Å². The third-order valence-corrected chi connectivity index (χ3v) is 15.6. The van der Waals surface area contributed by atoms with Crippen molar-refractivity contribution >= 4 is 29.5 Å². The number of hydrogen-bond donors (Lipinski definition) is 13. The monoisotopic (exact) mass is 960 g/mol. The summed E-state index contributed by atoms with van der Waals surface area (Å²) < 4.78 is 11.0. The van der Waals surface area contributed by atoms with Gasteiger partial charge in [-0.2, -0.15) is 0 Å². The lowest BCUT2D eigenvalue weighted by atomic mass is 9.61. The van der Waals surface area contributed by atoms with Gasteiger partial charge in [0, 0.05) is 72.0 Å². The number of aromatic nitrogens is 3. The quantitative estimate of drug-likeness (QED) is 0.0458. The van der Waals surface area contributed by atoms with E-state index in [1.54, 1.807) is 30.7 Å². The molecular weight excluding hydrogens is 905 g/mol. The molecule has 1 amide bonds. The molecule has 5 aliphatic rings. The number of ether oxygens (including phenoxy) is 2. The van der Waals surface area contributed by atoms with Crippen LogP contribution in [-0.4, -0.2) is 135 Å². The minimum Gasteiger partial charge on any atom is -0.508 e. The molecule has 5 aromatic rings. The number of amides is 1. The van der Waals surface area contributed by atoms with Crippen LogP contribution in [0.15, 0.2) is 104 Å². The van der Waals surface area contributed by atoms with Crippen LogP contribution in [0, 0.1) is 11.8 Å². The fourth-order valence-corrected chi connectivity index (χ4v) is 12.2. The summed E-state index contributed by atoms with van der Waals surface area (Å²) in [5.41, 5.74) is 7.67. The van der Waals surface area contributed by atoms with Gasteiger partial charge in [0.15, 0.2) is 23.1 Å². The fourth-order valence-electron chi connectivity index (χ4n) is 12.2. The standard InChI is InChI=1S/C51H56N6O13/c52-39-8-4-15-49(39,28-6-2-1-3-7-28)33-14-16-50(48(66)67)42(33)31-20-36(61)37(69-51(68)47(65)46(64)45(63)38(24-59)70-51)21-34(31)57(50)41(62)13-11-26-10-12-35(60)29(18-26)30-19-27(23-58)32(44-43(30)55-25-56-44)22-54-40-9-5-17-53-40/h1-3,5-7,9-14,16-18,20-21,25,27,30,32-33,38-39,42,45-47,53-54,58-61,63-65,68H,4,8,15,19,22-24,52H2,(H,55,56)(H,66,67)/b13-11+/t27-,30-,32-,33+,38+,39+,42-,45+,46-,47+,49-,50+,51-/m0/s1. The van der Waals surface area contributed by atoms with E-state index in [9.17, 15) is 50.8 Å². The van der Waals surface area contributed by atoms with Gasteiger partial charge in [0.05, 0.1) is 24.3 Å². The van der Waals surface area contributed by atoms with Crippen molar-refractivity contribution in [2.75, 3.05) is 30.0 Å². The summed E-state index contributed by atoms with van der Waals surface area (Å²) in [5.74, 6) is -8.34. The molecule has 2 aromatic heterocycles. The summed E-state index contributed by atoms with van der Waals surface area (Å²) in [4.78, 5) is 41.3. The molecule has 70 heavy (non-hydrogen) atoms. The molecule has 4 heterocycles. The number of nitrogens with one attached hydrogen (secondary N) is 3. The molecule has 3 aromatic carbocycles.